The summed E-state index contributed by atoms with van der Waals surface area (Å²) in [5, 5.41) is 20.0. The van der Waals surface area contributed by atoms with Gasteiger partial charge >= 0.3 is 0 Å². The van der Waals surface area contributed by atoms with Crippen LogP contribution >= 0.6 is 0 Å². The van der Waals surface area contributed by atoms with Gasteiger partial charge in [0.05, 0.1) is 18.8 Å². The second-order valence-electron chi connectivity index (χ2n) is 6.39. The number of aliphatic hydroxyl groups is 2. The summed E-state index contributed by atoms with van der Waals surface area (Å²) in [6.45, 7) is 5.72. The molecule has 2 rings (SSSR count). The molecule has 0 bridgehead atoms. The third kappa shape index (κ3) is 4.72. The number of hydrogen-bond acceptors (Lipinski definition) is 5. The van der Waals surface area contributed by atoms with Crippen LogP contribution in [0.15, 0.2) is 24.3 Å². The maximum atomic E-state index is 12.9. The Hall–Kier alpha value is -1.05. The van der Waals surface area contributed by atoms with Crippen molar-refractivity contribution in [2.24, 2.45) is 0 Å². The fraction of sp³-hybridized carbons (Fsp3) is 0.625. The Morgan fingerprint density at radius 1 is 1.18 bits per heavy atom. The Balaban J connectivity index is 2.04. The summed E-state index contributed by atoms with van der Waals surface area (Å²) >= 11 is 0. The molecule has 0 saturated carbocycles. The first-order valence-corrected chi connectivity index (χ1v) is 7.28. The van der Waals surface area contributed by atoms with Crippen LogP contribution in [0.2, 0.25) is 0 Å². The minimum Gasteiger partial charge on any atom is -0.388 e. The second kappa shape index (κ2) is 7.02. The molecule has 1 heterocycles. The minimum atomic E-state index is -1.18. The highest BCUT2D eigenvalue weighted by molar-refractivity contribution is 5.15. The molecule has 5 nitrogen and oxygen atoms in total. The summed E-state index contributed by atoms with van der Waals surface area (Å²) in [4.78, 5) is 0. The molecule has 1 saturated heterocycles. The van der Waals surface area contributed by atoms with Crippen LogP contribution in [0.1, 0.15) is 26.3 Å². The van der Waals surface area contributed by atoms with Crippen molar-refractivity contribution in [1.29, 1.82) is 0 Å². The zero-order valence-corrected chi connectivity index (χ0v) is 13.0. The van der Waals surface area contributed by atoms with Crippen LogP contribution < -0.4 is 0 Å². The molecule has 0 aromatic heterocycles. The zero-order chi connectivity index (χ0) is 16.3. The lowest BCUT2D eigenvalue weighted by molar-refractivity contribution is -0.290. The van der Waals surface area contributed by atoms with Crippen LogP contribution in [0.25, 0.3) is 0 Å². The molecule has 1 aliphatic rings. The molecule has 22 heavy (non-hydrogen) atoms. The summed E-state index contributed by atoms with van der Waals surface area (Å²) in [5.74, 6) is -0.325. The molecule has 6 heteroatoms. The normalized spacial score (nSPS) is 29.5. The van der Waals surface area contributed by atoms with Crippen LogP contribution in [-0.4, -0.2) is 47.0 Å². The molecule has 0 radical (unpaired) electrons. The number of aliphatic hydroxyl groups excluding tert-OH is 2. The zero-order valence-electron chi connectivity index (χ0n) is 13.0. The molecule has 1 aromatic rings. The predicted octanol–water partition coefficient (Wildman–Crippen LogP) is 1.60. The fourth-order valence-electron chi connectivity index (χ4n) is 2.27. The molecule has 0 unspecified atom stereocenters. The maximum absolute atomic E-state index is 12.9. The topological polar surface area (TPSA) is 68.2 Å². The van der Waals surface area contributed by atoms with E-state index >= 15 is 0 Å². The lowest BCUT2D eigenvalue weighted by Crippen LogP contribution is -2.57. The van der Waals surface area contributed by atoms with Gasteiger partial charge in [-0.25, -0.2) is 4.39 Å². The van der Waals surface area contributed by atoms with E-state index in [1.807, 2.05) is 20.8 Å². The Bertz CT molecular complexity index is 470. The monoisotopic (exact) mass is 314 g/mol. The van der Waals surface area contributed by atoms with Crippen LogP contribution in [-0.2, 0) is 20.8 Å². The summed E-state index contributed by atoms with van der Waals surface area (Å²) in [7, 11) is 0. The number of rotatable bonds is 4. The van der Waals surface area contributed by atoms with E-state index in [1.165, 1.54) is 12.1 Å². The fourth-order valence-corrected chi connectivity index (χ4v) is 2.27. The Kier molecular flexibility index (Phi) is 5.52. The average Bonchev–Trinajstić information content (AvgIpc) is 2.43. The first-order valence-electron chi connectivity index (χ1n) is 7.28. The number of benzene rings is 1. The van der Waals surface area contributed by atoms with Crippen molar-refractivity contribution in [2.45, 2.75) is 57.6 Å². The molecule has 124 valence electrons. The number of halogens is 1. The molecule has 1 fully saturated rings. The van der Waals surface area contributed by atoms with Crippen LogP contribution in [0.5, 0.6) is 0 Å². The predicted molar refractivity (Wildman–Crippen MR) is 77.6 cm³/mol. The molecule has 0 aliphatic carbocycles. The third-order valence-corrected chi connectivity index (χ3v) is 3.27. The molecule has 0 spiro atoms. The Morgan fingerprint density at radius 2 is 1.82 bits per heavy atom. The smallest absolute Gasteiger partial charge is 0.183 e. The highest BCUT2D eigenvalue weighted by Gasteiger charge is 2.42. The first-order chi connectivity index (χ1) is 10.3. The molecule has 1 aliphatic heterocycles. The van der Waals surface area contributed by atoms with Crippen LogP contribution in [0.3, 0.4) is 0 Å². The van der Waals surface area contributed by atoms with Gasteiger partial charge in [-0.2, -0.15) is 0 Å². The van der Waals surface area contributed by atoms with Gasteiger partial charge in [0, 0.05) is 0 Å². The van der Waals surface area contributed by atoms with Crippen molar-refractivity contribution in [1.82, 2.24) is 0 Å². The van der Waals surface area contributed by atoms with Crippen molar-refractivity contribution >= 4 is 0 Å². The lowest BCUT2D eigenvalue weighted by atomic mass is 10.0. The summed E-state index contributed by atoms with van der Waals surface area (Å²) in [6.07, 6.45) is -3.60. The van der Waals surface area contributed by atoms with E-state index in [0.717, 1.165) is 5.56 Å². The van der Waals surface area contributed by atoms with Crippen LogP contribution in [0.4, 0.5) is 4.39 Å². The molecular formula is C16H23FO5. The van der Waals surface area contributed by atoms with Gasteiger partial charge in [-0.15, -0.1) is 0 Å². The Morgan fingerprint density at radius 3 is 2.41 bits per heavy atom. The van der Waals surface area contributed by atoms with Crippen molar-refractivity contribution in [3.05, 3.63) is 35.6 Å². The van der Waals surface area contributed by atoms with Gasteiger partial charge in [-0.3, -0.25) is 0 Å². The van der Waals surface area contributed by atoms with Gasteiger partial charge in [-0.1, -0.05) is 12.1 Å². The van der Waals surface area contributed by atoms with Gasteiger partial charge in [0.15, 0.2) is 6.29 Å². The van der Waals surface area contributed by atoms with Crippen molar-refractivity contribution in [2.75, 3.05) is 6.61 Å². The third-order valence-electron chi connectivity index (χ3n) is 3.27. The average molecular weight is 314 g/mol. The van der Waals surface area contributed by atoms with Gasteiger partial charge in [0.25, 0.3) is 0 Å². The summed E-state index contributed by atoms with van der Waals surface area (Å²) in [6, 6.07) is 5.87. The largest absolute Gasteiger partial charge is 0.388 e. The maximum Gasteiger partial charge on any atom is 0.183 e. The summed E-state index contributed by atoms with van der Waals surface area (Å²) in [5.41, 5.74) is 0.253. The molecule has 1 aromatic carbocycles. The van der Waals surface area contributed by atoms with E-state index < -0.39 is 30.2 Å². The van der Waals surface area contributed by atoms with Crippen molar-refractivity contribution in [3.63, 3.8) is 0 Å². The quantitative estimate of drug-likeness (QED) is 0.883. The molecule has 0 amide bonds. The first kappa shape index (κ1) is 17.3. The van der Waals surface area contributed by atoms with E-state index in [2.05, 4.69) is 0 Å². The van der Waals surface area contributed by atoms with Gasteiger partial charge in [0.1, 0.15) is 24.1 Å². The minimum absolute atomic E-state index is 0.0156. The van der Waals surface area contributed by atoms with E-state index in [4.69, 9.17) is 14.2 Å². The van der Waals surface area contributed by atoms with Gasteiger partial charge < -0.3 is 24.4 Å². The van der Waals surface area contributed by atoms with E-state index in [1.54, 1.807) is 12.1 Å². The number of ether oxygens (including phenoxy) is 3. The van der Waals surface area contributed by atoms with E-state index in [-0.39, 0.29) is 19.0 Å². The van der Waals surface area contributed by atoms with Crippen molar-refractivity contribution < 1.29 is 28.8 Å². The van der Waals surface area contributed by atoms with E-state index in [0.29, 0.717) is 0 Å². The van der Waals surface area contributed by atoms with Crippen LogP contribution in [0, 0.1) is 5.82 Å². The molecule has 4 atom stereocenters. The standard InChI is InChI=1S/C16H23FO5/c1-16(2,3)22-13-12(18)9-21-15(19)14(13)20-8-10-4-6-11(17)7-5-10/h4-7,12-15,18-19H,8-9H2,1-3H3/t12-,13-,14+,15+/m0/s1. The molecular weight excluding hydrogens is 291 g/mol. The highest BCUT2D eigenvalue weighted by atomic mass is 19.1. The Labute approximate surface area is 129 Å². The van der Waals surface area contributed by atoms with Gasteiger partial charge in [-0.05, 0) is 38.5 Å². The van der Waals surface area contributed by atoms with Gasteiger partial charge in [0.2, 0.25) is 0 Å². The lowest BCUT2D eigenvalue weighted by Gasteiger charge is -2.41. The van der Waals surface area contributed by atoms with Crippen molar-refractivity contribution in [3.8, 4) is 0 Å². The number of hydrogen-bond donors (Lipinski definition) is 2. The summed E-state index contributed by atoms with van der Waals surface area (Å²) < 4.78 is 29.5. The molecule has 2 N–H and O–H groups in total. The second-order valence-corrected chi connectivity index (χ2v) is 6.39. The van der Waals surface area contributed by atoms with E-state index in [9.17, 15) is 14.6 Å². The SMILES string of the molecule is CC(C)(C)O[C@@H]1[C@@H](OCc2ccc(F)cc2)[C@H](O)OC[C@@H]1O. The highest BCUT2D eigenvalue weighted by Crippen LogP contribution is 2.25.